The van der Waals surface area contributed by atoms with Crippen LogP contribution in [0.25, 0.3) is 21.3 Å². The zero-order chi connectivity index (χ0) is 29.4. The van der Waals surface area contributed by atoms with E-state index in [0.717, 1.165) is 14.8 Å². The van der Waals surface area contributed by atoms with Gasteiger partial charge in [0, 0.05) is 30.4 Å². The number of carbonyl (C=O) groups excluding carboxylic acids is 2. The number of benzene rings is 2. The maximum Gasteiger partial charge on any atom is 0.290 e. The lowest BCUT2D eigenvalue weighted by Gasteiger charge is -2.27. The van der Waals surface area contributed by atoms with E-state index >= 15 is 4.39 Å². The van der Waals surface area contributed by atoms with Crippen molar-refractivity contribution in [2.75, 3.05) is 35.2 Å². The molecule has 5 aromatic rings. The largest absolute Gasteiger partial charge is 0.336 e. The first-order valence-electron chi connectivity index (χ1n) is 13.2. The average Bonchev–Trinajstić information content (AvgIpc) is 3.43. The lowest BCUT2D eigenvalue weighted by Crippen LogP contribution is -2.48. The van der Waals surface area contributed by atoms with Gasteiger partial charge >= 0.3 is 0 Å². The molecule has 0 radical (unpaired) electrons. The molecule has 0 atom stereocenters. The Kier molecular flexibility index (Phi) is 7.23. The van der Waals surface area contributed by atoms with Gasteiger partial charge in [-0.05, 0) is 54.3 Å². The van der Waals surface area contributed by atoms with E-state index in [1.165, 1.54) is 24.5 Å². The van der Waals surface area contributed by atoms with Gasteiger partial charge in [-0.1, -0.05) is 24.3 Å². The molecule has 0 aliphatic carbocycles. The van der Waals surface area contributed by atoms with Crippen LogP contribution in [-0.4, -0.2) is 46.2 Å². The van der Waals surface area contributed by atoms with E-state index in [4.69, 9.17) is 0 Å². The molecule has 6 rings (SSSR count). The van der Waals surface area contributed by atoms with Crippen molar-refractivity contribution in [2.24, 2.45) is 7.05 Å². The summed E-state index contributed by atoms with van der Waals surface area (Å²) in [5, 5.41) is 13.9. The third-order valence-electron chi connectivity index (χ3n) is 6.99. The Morgan fingerprint density at radius 2 is 1.93 bits per heavy atom. The van der Waals surface area contributed by atoms with Crippen LogP contribution >= 0.6 is 11.3 Å². The molecule has 1 aliphatic heterocycles. The number of rotatable bonds is 6. The van der Waals surface area contributed by atoms with E-state index in [2.05, 4.69) is 26.0 Å². The normalized spacial score (nSPS) is 13.4. The molecule has 1 saturated heterocycles. The highest BCUT2D eigenvalue weighted by molar-refractivity contribution is 7.20. The summed E-state index contributed by atoms with van der Waals surface area (Å²) in [6.07, 6.45) is 1.56. The minimum atomic E-state index is -0.662. The first-order chi connectivity index (χ1) is 20.3. The highest BCUT2D eigenvalue weighted by Crippen LogP contribution is 2.32. The first kappa shape index (κ1) is 27.2. The number of halogens is 1. The topological polar surface area (TPSA) is 121 Å². The van der Waals surface area contributed by atoms with Crippen molar-refractivity contribution in [2.45, 2.75) is 6.92 Å². The van der Waals surface area contributed by atoms with Gasteiger partial charge in [0.05, 0.1) is 34.7 Å². The summed E-state index contributed by atoms with van der Waals surface area (Å²) < 4.78 is 18.0. The molecule has 0 bridgehead atoms. The van der Waals surface area contributed by atoms with Gasteiger partial charge in [-0.15, -0.1) is 11.3 Å². The van der Waals surface area contributed by atoms with Gasteiger partial charge < -0.3 is 20.9 Å². The standard InChI is InChI=1S/C30H26FN7O3S/c1-17-7-9-20(27(31)28(17)35-29(40)24-13-18-5-3-4-6-23(18)42-24)21-14-22(30(41)37(2)36-21)34-25-10-8-19(15-33-25)38-12-11-32-16-26(38)39/h3-10,13-15,32H,11-12,16H2,1-2H3,(H,33,34)(H,35,40). The summed E-state index contributed by atoms with van der Waals surface area (Å²) in [5.41, 5.74) is 1.25. The zero-order valence-corrected chi connectivity index (χ0v) is 23.6. The summed E-state index contributed by atoms with van der Waals surface area (Å²) in [7, 11) is 1.47. The van der Waals surface area contributed by atoms with Crippen molar-refractivity contribution in [3.63, 3.8) is 0 Å². The van der Waals surface area contributed by atoms with Crippen molar-refractivity contribution in [3.05, 3.63) is 93.5 Å². The number of fused-ring (bicyclic) bond motifs is 1. The highest BCUT2D eigenvalue weighted by Gasteiger charge is 2.21. The predicted octanol–water partition coefficient (Wildman–Crippen LogP) is 4.44. The van der Waals surface area contributed by atoms with E-state index in [-0.39, 0.29) is 35.1 Å². The van der Waals surface area contributed by atoms with Crippen LogP contribution in [0, 0.1) is 12.7 Å². The van der Waals surface area contributed by atoms with Gasteiger partial charge in [-0.25, -0.2) is 14.1 Å². The molecule has 3 aromatic heterocycles. The third kappa shape index (κ3) is 5.24. The number of nitrogens with one attached hydrogen (secondary N) is 3. The Balaban J connectivity index is 1.28. The number of hydrogen-bond donors (Lipinski definition) is 3. The van der Waals surface area contributed by atoms with Crippen molar-refractivity contribution >= 4 is 56.1 Å². The van der Waals surface area contributed by atoms with Gasteiger partial charge in [0.1, 0.15) is 11.5 Å². The maximum absolute atomic E-state index is 15.9. The number of nitrogens with zero attached hydrogens (tertiary/aromatic N) is 4. The molecule has 212 valence electrons. The SMILES string of the molecule is Cc1ccc(-c2cc(Nc3ccc(N4CCNCC4=O)cn3)c(=O)n(C)n2)c(F)c1NC(=O)c1cc2ccccc2s1. The quantitative estimate of drug-likeness (QED) is 0.270. The Morgan fingerprint density at radius 1 is 1.10 bits per heavy atom. The minimum Gasteiger partial charge on any atom is -0.336 e. The highest BCUT2D eigenvalue weighted by atomic mass is 32.1. The molecule has 1 fully saturated rings. The van der Waals surface area contributed by atoms with Gasteiger partial charge in [0.15, 0.2) is 5.82 Å². The number of amides is 2. The lowest BCUT2D eigenvalue weighted by atomic mass is 10.1. The number of hydrogen-bond acceptors (Lipinski definition) is 8. The van der Waals surface area contributed by atoms with Gasteiger partial charge in [-0.2, -0.15) is 5.10 Å². The summed E-state index contributed by atoms with van der Waals surface area (Å²) in [6, 6.07) is 17.5. The van der Waals surface area contributed by atoms with Gasteiger partial charge in [0.2, 0.25) is 5.91 Å². The van der Waals surface area contributed by atoms with Gasteiger partial charge in [0.25, 0.3) is 11.5 Å². The van der Waals surface area contributed by atoms with Crippen LogP contribution < -0.4 is 26.4 Å². The fourth-order valence-corrected chi connectivity index (χ4v) is 5.72. The number of anilines is 4. The molecule has 2 aromatic carbocycles. The number of thiophene rings is 1. The average molecular weight is 584 g/mol. The summed E-state index contributed by atoms with van der Waals surface area (Å²) in [5.74, 6) is -0.750. The van der Waals surface area contributed by atoms with Crippen LogP contribution in [0.4, 0.5) is 27.3 Å². The smallest absolute Gasteiger partial charge is 0.290 e. The Morgan fingerprint density at radius 3 is 2.69 bits per heavy atom. The van der Waals surface area contributed by atoms with Crippen molar-refractivity contribution in [3.8, 4) is 11.3 Å². The molecular formula is C30H26FN7O3S. The van der Waals surface area contributed by atoms with E-state index < -0.39 is 17.3 Å². The lowest BCUT2D eigenvalue weighted by molar-refractivity contribution is -0.118. The second-order valence-electron chi connectivity index (χ2n) is 9.84. The minimum absolute atomic E-state index is 0.0415. The molecule has 0 spiro atoms. The van der Waals surface area contributed by atoms with Crippen molar-refractivity contribution < 1.29 is 14.0 Å². The summed E-state index contributed by atoms with van der Waals surface area (Å²) in [6.45, 7) is 3.20. The third-order valence-corrected chi connectivity index (χ3v) is 8.10. The number of aromatic nitrogens is 3. The number of aryl methyl sites for hydroxylation is 2. The summed E-state index contributed by atoms with van der Waals surface area (Å²) in [4.78, 5) is 44.6. The number of piperazine rings is 1. The Hall–Kier alpha value is -4.94. The number of carbonyl (C=O) groups is 2. The first-order valence-corrected chi connectivity index (χ1v) is 14.0. The fourth-order valence-electron chi connectivity index (χ4n) is 4.76. The maximum atomic E-state index is 15.9. The van der Waals surface area contributed by atoms with Crippen molar-refractivity contribution in [1.29, 1.82) is 0 Å². The molecule has 10 nitrogen and oxygen atoms in total. The molecule has 12 heteroatoms. The van der Waals surface area contributed by atoms with Crippen LogP contribution in [0.5, 0.6) is 0 Å². The fraction of sp³-hybridized carbons (Fsp3) is 0.167. The molecule has 1 aliphatic rings. The van der Waals surface area contributed by atoms with Crippen molar-refractivity contribution in [1.82, 2.24) is 20.1 Å². The Labute approximate surface area is 243 Å². The number of pyridine rings is 1. The van der Waals surface area contributed by atoms with Gasteiger partial charge in [-0.3, -0.25) is 14.4 Å². The molecule has 4 heterocycles. The van der Waals surface area contributed by atoms with Crippen LogP contribution in [0.2, 0.25) is 0 Å². The van der Waals surface area contributed by atoms with E-state index in [9.17, 15) is 14.4 Å². The zero-order valence-electron chi connectivity index (χ0n) is 22.8. The monoisotopic (exact) mass is 583 g/mol. The van der Waals surface area contributed by atoms with Crippen LogP contribution in [0.1, 0.15) is 15.2 Å². The van der Waals surface area contributed by atoms with E-state index in [1.807, 2.05) is 24.3 Å². The second kappa shape index (κ2) is 11.1. The molecule has 0 saturated carbocycles. The van der Waals surface area contributed by atoms with Crippen LogP contribution in [0.15, 0.2) is 71.7 Å². The predicted molar refractivity (Wildman–Crippen MR) is 162 cm³/mol. The molecule has 0 unspecified atom stereocenters. The Bertz CT molecular complexity index is 1870. The molecule has 42 heavy (non-hydrogen) atoms. The van der Waals surface area contributed by atoms with Crippen LogP contribution in [-0.2, 0) is 11.8 Å². The molecule has 3 N–H and O–H groups in total. The molecular weight excluding hydrogens is 557 g/mol. The second-order valence-corrected chi connectivity index (χ2v) is 10.9. The molecule has 2 amide bonds. The summed E-state index contributed by atoms with van der Waals surface area (Å²) >= 11 is 1.33. The van der Waals surface area contributed by atoms with E-state index in [1.54, 1.807) is 48.4 Å². The van der Waals surface area contributed by atoms with E-state index in [0.29, 0.717) is 35.0 Å². The van der Waals surface area contributed by atoms with Crippen LogP contribution in [0.3, 0.4) is 0 Å².